The fraction of sp³-hybridized carbons (Fsp3) is 0.500. The van der Waals surface area contributed by atoms with Crippen molar-refractivity contribution >= 4 is 5.91 Å². The number of amides is 1. The average Bonchev–Trinajstić information content (AvgIpc) is 2.77. The van der Waals surface area contributed by atoms with E-state index in [0.29, 0.717) is 5.56 Å². The summed E-state index contributed by atoms with van der Waals surface area (Å²) in [5.41, 5.74) is 0.380. The normalized spacial score (nSPS) is 23.6. The van der Waals surface area contributed by atoms with Gasteiger partial charge in [0, 0.05) is 19.3 Å². The molecule has 1 aromatic heterocycles. The van der Waals surface area contributed by atoms with Gasteiger partial charge < -0.3 is 15.2 Å². The Balaban J connectivity index is 1.94. The minimum absolute atomic E-state index is 0.00107. The van der Waals surface area contributed by atoms with E-state index < -0.39 is 0 Å². The van der Waals surface area contributed by atoms with E-state index in [1.807, 2.05) is 0 Å². The highest BCUT2D eigenvalue weighted by atomic mass is 16.5. The molecule has 0 saturated heterocycles. The van der Waals surface area contributed by atoms with Gasteiger partial charge in [-0.2, -0.15) is 0 Å². The molecule has 1 aliphatic carbocycles. The molecule has 92 valence electrons. The predicted molar refractivity (Wildman–Crippen MR) is 61.8 cm³/mol. The number of nitrogens with zero attached hydrogens (tertiary/aromatic N) is 1. The molecule has 1 amide bonds. The van der Waals surface area contributed by atoms with Crippen LogP contribution in [0.15, 0.2) is 18.5 Å². The number of ether oxygens (including phenoxy) is 1. The molecule has 1 heterocycles. The van der Waals surface area contributed by atoms with Gasteiger partial charge in [-0.15, -0.1) is 0 Å². The van der Waals surface area contributed by atoms with Crippen LogP contribution in [0.2, 0.25) is 0 Å². The first-order valence-corrected chi connectivity index (χ1v) is 5.66. The Morgan fingerprint density at radius 2 is 2.35 bits per heavy atom. The highest BCUT2D eigenvalue weighted by Crippen LogP contribution is 2.21. The van der Waals surface area contributed by atoms with Crippen molar-refractivity contribution in [2.45, 2.75) is 31.4 Å². The quantitative estimate of drug-likeness (QED) is 0.824. The first-order valence-electron chi connectivity index (χ1n) is 5.66. The van der Waals surface area contributed by atoms with E-state index in [-0.39, 0.29) is 23.8 Å². The van der Waals surface area contributed by atoms with Crippen molar-refractivity contribution in [3.63, 3.8) is 0 Å². The molecule has 2 N–H and O–H groups in total. The standard InChI is InChI=1S/C12H16N2O3/c1-17-11-3-2-9(5-11)14-12(16)8-4-10(15)7-13-6-8/h4,6-7,9,11,15H,2-3,5H2,1H3,(H,14,16). The van der Waals surface area contributed by atoms with Crippen LogP contribution in [0.3, 0.4) is 0 Å². The third-order valence-electron chi connectivity index (χ3n) is 3.04. The highest BCUT2D eigenvalue weighted by molar-refractivity contribution is 5.94. The summed E-state index contributed by atoms with van der Waals surface area (Å²) in [7, 11) is 1.69. The molecule has 5 heteroatoms. The number of hydrogen-bond acceptors (Lipinski definition) is 4. The van der Waals surface area contributed by atoms with Crippen LogP contribution < -0.4 is 5.32 Å². The second kappa shape index (κ2) is 5.14. The van der Waals surface area contributed by atoms with Crippen LogP contribution >= 0.6 is 0 Å². The van der Waals surface area contributed by atoms with Gasteiger partial charge in [-0.05, 0) is 25.3 Å². The van der Waals surface area contributed by atoms with Gasteiger partial charge in [0.05, 0.1) is 17.9 Å². The lowest BCUT2D eigenvalue weighted by atomic mass is 10.2. The minimum atomic E-state index is -0.199. The summed E-state index contributed by atoms with van der Waals surface area (Å²) in [6.45, 7) is 0. The zero-order chi connectivity index (χ0) is 12.3. The van der Waals surface area contributed by atoms with Gasteiger partial charge in [0.15, 0.2) is 0 Å². The molecule has 0 radical (unpaired) electrons. The van der Waals surface area contributed by atoms with Gasteiger partial charge in [0.1, 0.15) is 5.75 Å². The van der Waals surface area contributed by atoms with E-state index >= 15 is 0 Å². The Labute approximate surface area is 99.8 Å². The van der Waals surface area contributed by atoms with Gasteiger partial charge in [-0.25, -0.2) is 0 Å². The van der Waals surface area contributed by atoms with Crippen LogP contribution in [0.25, 0.3) is 0 Å². The molecule has 0 aliphatic heterocycles. The zero-order valence-electron chi connectivity index (χ0n) is 9.72. The van der Waals surface area contributed by atoms with E-state index in [1.165, 1.54) is 18.5 Å². The minimum Gasteiger partial charge on any atom is -0.506 e. The lowest BCUT2D eigenvalue weighted by Gasteiger charge is -2.12. The number of aromatic nitrogens is 1. The monoisotopic (exact) mass is 236 g/mol. The first kappa shape index (κ1) is 11.9. The molecule has 5 nitrogen and oxygen atoms in total. The molecule has 1 aromatic rings. The number of hydrogen-bond donors (Lipinski definition) is 2. The van der Waals surface area contributed by atoms with E-state index in [2.05, 4.69) is 10.3 Å². The molecule has 1 aliphatic rings. The summed E-state index contributed by atoms with van der Waals surface area (Å²) >= 11 is 0. The maximum atomic E-state index is 11.8. The van der Waals surface area contributed by atoms with E-state index in [4.69, 9.17) is 4.74 Å². The van der Waals surface area contributed by atoms with Crippen molar-refractivity contribution in [3.05, 3.63) is 24.0 Å². The van der Waals surface area contributed by atoms with E-state index in [0.717, 1.165) is 19.3 Å². The highest BCUT2D eigenvalue weighted by Gasteiger charge is 2.25. The Bertz CT molecular complexity index is 408. The third-order valence-corrected chi connectivity index (χ3v) is 3.04. The van der Waals surface area contributed by atoms with Gasteiger partial charge in [0.2, 0.25) is 0 Å². The average molecular weight is 236 g/mol. The summed E-state index contributed by atoms with van der Waals surface area (Å²) in [4.78, 5) is 15.6. The molecular weight excluding hydrogens is 220 g/mol. The van der Waals surface area contributed by atoms with Crippen molar-refractivity contribution in [2.75, 3.05) is 7.11 Å². The van der Waals surface area contributed by atoms with Crippen molar-refractivity contribution in [1.82, 2.24) is 10.3 Å². The van der Waals surface area contributed by atoms with Gasteiger partial charge in [0.25, 0.3) is 5.91 Å². The van der Waals surface area contributed by atoms with Crippen LogP contribution in [-0.2, 0) is 4.74 Å². The molecule has 0 spiro atoms. The molecular formula is C12H16N2O3. The maximum absolute atomic E-state index is 11.8. The Hall–Kier alpha value is -1.62. The lowest BCUT2D eigenvalue weighted by molar-refractivity contribution is 0.0914. The predicted octanol–water partition coefficient (Wildman–Crippen LogP) is 1.08. The van der Waals surface area contributed by atoms with Crippen LogP contribution in [0.1, 0.15) is 29.6 Å². The van der Waals surface area contributed by atoms with Crippen molar-refractivity contribution < 1.29 is 14.6 Å². The van der Waals surface area contributed by atoms with Gasteiger partial charge in [-0.3, -0.25) is 9.78 Å². The number of carbonyl (C=O) groups excluding carboxylic acids is 1. The van der Waals surface area contributed by atoms with Crippen LogP contribution in [0.5, 0.6) is 5.75 Å². The Morgan fingerprint density at radius 3 is 3.00 bits per heavy atom. The fourth-order valence-corrected chi connectivity index (χ4v) is 2.11. The summed E-state index contributed by atoms with van der Waals surface area (Å²) in [6, 6.07) is 1.56. The summed E-state index contributed by atoms with van der Waals surface area (Å²) in [5, 5.41) is 12.2. The number of nitrogens with one attached hydrogen (secondary N) is 1. The smallest absolute Gasteiger partial charge is 0.253 e. The third kappa shape index (κ3) is 2.94. The molecule has 17 heavy (non-hydrogen) atoms. The largest absolute Gasteiger partial charge is 0.506 e. The number of methoxy groups -OCH3 is 1. The first-order chi connectivity index (χ1) is 8.19. The zero-order valence-corrected chi connectivity index (χ0v) is 9.72. The van der Waals surface area contributed by atoms with Crippen molar-refractivity contribution in [2.24, 2.45) is 0 Å². The molecule has 2 atom stereocenters. The van der Waals surface area contributed by atoms with Crippen LogP contribution in [0, 0.1) is 0 Å². The molecule has 0 bridgehead atoms. The van der Waals surface area contributed by atoms with E-state index in [1.54, 1.807) is 7.11 Å². The lowest BCUT2D eigenvalue weighted by Crippen LogP contribution is -2.33. The van der Waals surface area contributed by atoms with Crippen molar-refractivity contribution in [1.29, 1.82) is 0 Å². The summed E-state index contributed by atoms with van der Waals surface area (Å²) in [5.74, 6) is -0.200. The Kier molecular flexibility index (Phi) is 3.58. The Morgan fingerprint density at radius 1 is 1.53 bits per heavy atom. The number of pyridine rings is 1. The van der Waals surface area contributed by atoms with E-state index in [9.17, 15) is 9.90 Å². The fourth-order valence-electron chi connectivity index (χ4n) is 2.11. The maximum Gasteiger partial charge on any atom is 0.253 e. The number of carbonyl (C=O) groups is 1. The summed E-state index contributed by atoms with van der Waals surface area (Å²) < 4.78 is 5.24. The molecule has 1 saturated carbocycles. The SMILES string of the molecule is COC1CCC(NC(=O)c2cncc(O)c2)C1. The number of aromatic hydroxyl groups is 1. The second-order valence-electron chi connectivity index (χ2n) is 4.27. The van der Waals surface area contributed by atoms with Gasteiger partial charge in [-0.1, -0.05) is 0 Å². The molecule has 2 unspecified atom stereocenters. The second-order valence-corrected chi connectivity index (χ2v) is 4.27. The summed E-state index contributed by atoms with van der Waals surface area (Å²) in [6.07, 6.45) is 5.72. The van der Waals surface area contributed by atoms with Crippen molar-refractivity contribution in [3.8, 4) is 5.75 Å². The topological polar surface area (TPSA) is 71.5 Å². The number of rotatable bonds is 3. The van der Waals surface area contributed by atoms with Crippen LogP contribution in [0.4, 0.5) is 0 Å². The van der Waals surface area contributed by atoms with Gasteiger partial charge >= 0.3 is 0 Å². The van der Waals surface area contributed by atoms with Crippen LogP contribution in [-0.4, -0.2) is 35.3 Å². The molecule has 0 aromatic carbocycles. The molecule has 1 fully saturated rings. The molecule has 2 rings (SSSR count).